The summed E-state index contributed by atoms with van der Waals surface area (Å²) in [6.45, 7) is 1.65. The number of carbonyl (C=O) groups excluding carboxylic acids is 1. The van der Waals surface area contributed by atoms with Crippen LogP contribution in [0.25, 0.3) is 10.8 Å². The highest BCUT2D eigenvalue weighted by molar-refractivity contribution is 5.95. The Labute approximate surface area is 171 Å². The number of fused-ring (bicyclic) bond motifs is 2. The van der Waals surface area contributed by atoms with Gasteiger partial charge in [-0.1, -0.05) is 36.4 Å². The highest BCUT2D eigenvalue weighted by Crippen LogP contribution is 2.33. The molecule has 1 aliphatic heterocycles. The third kappa shape index (κ3) is 3.73. The first-order chi connectivity index (χ1) is 14.1. The lowest BCUT2D eigenvalue weighted by atomic mass is 9.98. The van der Waals surface area contributed by atoms with Gasteiger partial charge in [0.1, 0.15) is 0 Å². The number of hydrogen-bond donors (Lipinski definition) is 0. The molecule has 0 aromatic heterocycles. The van der Waals surface area contributed by atoms with Gasteiger partial charge in [-0.15, -0.1) is 0 Å². The summed E-state index contributed by atoms with van der Waals surface area (Å²) < 4.78 is 10.8. The fraction of sp³-hybridized carbons (Fsp3) is 0.292. The van der Waals surface area contributed by atoms with Crippen LogP contribution in [0.3, 0.4) is 0 Å². The Morgan fingerprint density at radius 1 is 1.00 bits per heavy atom. The van der Waals surface area contributed by atoms with E-state index in [9.17, 15) is 4.79 Å². The van der Waals surface area contributed by atoms with E-state index in [0.717, 1.165) is 28.8 Å². The van der Waals surface area contributed by atoms with Crippen LogP contribution in [0.5, 0.6) is 11.5 Å². The summed E-state index contributed by atoms with van der Waals surface area (Å²) in [6, 6.07) is 18.5. The zero-order valence-corrected chi connectivity index (χ0v) is 17.1. The van der Waals surface area contributed by atoms with Crippen molar-refractivity contribution in [1.29, 1.82) is 0 Å². The molecule has 150 valence electrons. The Morgan fingerprint density at radius 3 is 2.45 bits per heavy atom. The van der Waals surface area contributed by atoms with Gasteiger partial charge >= 0.3 is 0 Å². The van der Waals surface area contributed by atoms with Crippen LogP contribution in [0.1, 0.15) is 11.1 Å². The molecule has 0 N–H and O–H groups in total. The first kappa shape index (κ1) is 19.1. The fourth-order valence-corrected chi connectivity index (χ4v) is 4.03. The van der Waals surface area contributed by atoms with E-state index in [-0.39, 0.29) is 5.91 Å². The summed E-state index contributed by atoms with van der Waals surface area (Å²) in [5, 5.41) is 2.34. The van der Waals surface area contributed by atoms with E-state index in [1.165, 1.54) is 10.9 Å². The number of amides is 1. The van der Waals surface area contributed by atoms with Gasteiger partial charge in [0.2, 0.25) is 5.91 Å². The number of likely N-dealkylation sites (N-methyl/N-ethyl adjacent to an activating group) is 1. The number of benzene rings is 3. The monoisotopic (exact) mass is 390 g/mol. The van der Waals surface area contributed by atoms with Crippen molar-refractivity contribution >= 4 is 22.4 Å². The molecular weight excluding hydrogens is 364 g/mol. The highest BCUT2D eigenvalue weighted by atomic mass is 16.5. The molecule has 3 aromatic rings. The zero-order chi connectivity index (χ0) is 20.4. The summed E-state index contributed by atoms with van der Waals surface area (Å²) in [5.74, 6) is 1.57. The predicted octanol–water partition coefficient (Wildman–Crippen LogP) is 3.88. The second-order valence-electron chi connectivity index (χ2n) is 7.40. The Balaban J connectivity index is 1.51. The minimum absolute atomic E-state index is 0.126. The molecule has 0 bridgehead atoms. The summed E-state index contributed by atoms with van der Waals surface area (Å²) in [7, 11) is 5.26. The van der Waals surface area contributed by atoms with E-state index < -0.39 is 0 Å². The van der Waals surface area contributed by atoms with Gasteiger partial charge in [0, 0.05) is 31.2 Å². The number of carbonyl (C=O) groups is 1. The van der Waals surface area contributed by atoms with Crippen molar-refractivity contribution in [2.75, 3.05) is 39.3 Å². The minimum atomic E-state index is 0.126. The van der Waals surface area contributed by atoms with Gasteiger partial charge in [-0.05, 0) is 41.1 Å². The van der Waals surface area contributed by atoms with Crippen LogP contribution in [-0.4, -0.2) is 45.2 Å². The van der Waals surface area contributed by atoms with Crippen molar-refractivity contribution in [2.24, 2.45) is 0 Å². The molecule has 5 nitrogen and oxygen atoms in total. The highest BCUT2D eigenvalue weighted by Gasteiger charge is 2.24. The Morgan fingerprint density at radius 2 is 1.69 bits per heavy atom. The van der Waals surface area contributed by atoms with Crippen molar-refractivity contribution in [2.45, 2.75) is 13.0 Å². The number of ether oxygens (including phenoxy) is 2. The lowest BCUT2D eigenvalue weighted by molar-refractivity contribution is -0.130. The standard InChI is InChI=1S/C24H26N2O3/c1-25(21-10-6-8-17-7-4-5-9-20(17)21)16-24(27)26-12-11-18-13-22(28-2)23(29-3)14-19(18)15-26/h4-10,13-14H,11-12,15-16H2,1-3H3. The maximum absolute atomic E-state index is 13.0. The quantitative estimate of drug-likeness (QED) is 0.663. The van der Waals surface area contributed by atoms with E-state index >= 15 is 0 Å². The molecule has 0 atom stereocenters. The molecule has 0 unspecified atom stereocenters. The number of rotatable bonds is 5. The van der Waals surface area contributed by atoms with Crippen LogP contribution in [-0.2, 0) is 17.8 Å². The third-order valence-corrected chi connectivity index (χ3v) is 5.62. The van der Waals surface area contributed by atoms with E-state index in [4.69, 9.17) is 9.47 Å². The van der Waals surface area contributed by atoms with Crippen LogP contribution in [0.15, 0.2) is 54.6 Å². The number of hydrogen-bond acceptors (Lipinski definition) is 4. The van der Waals surface area contributed by atoms with E-state index in [2.05, 4.69) is 24.3 Å². The molecule has 0 aliphatic carbocycles. The number of nitrogens with zero attached hydrogens (tertiary/aromatic N) is 2. The molecule has 0 spiro atoms. The van der Waals surface area contributed by atoms with Gasteiger partial charge in [0.05, 0.1) is 20.8 Å². The third-order valence-electron chi connectivity index (χ3n) is 5.62. The van der Waals surface area contributed by atoms with E-state index in [1.54, 1.807) is 14.2 Å². The average molecular weight is 390 g/mol. The van der Waals surface area contributed by atoms with Crippen LogP contribution in [0.4, 0.5) is 5.69 Å². The Kier molecular flexibility index (Phi) is 5.30. The first-order valence-electron chi connectivity index (χ1n) is 9.81. The van der Waals surface area contributed by atoms with E-state index in [1.807, 2.05) is 47.2 Å². The van der Waals surface area contributed by atoms with Gasteiger partial charge in [-0.25, -0.2) is 0 Å². The van der Waals surface area contributed by atoms with Crippen molar-refractivity contribution in [1.82, 2.24) is 4.90 Å². The molecule has 0 saturated heterocycles. The van der Waals surface area contributed by atoms with Crippen LogP contribution >= 0.6 is 0 Å². The predicted molar refractivity (Wildman–Crippen MR) is 116 cm³/mol. The Bertz CT molecular complexity index is 1040. The molecule has 4 rings (SSSR count). The maximum atomic E-state index is 13.0. The lowest BCUT2D eigenvalue weighted by Crippen LogP contribution is -2.41. The second kappa shape index (κ2) is 8.03. The lowest BCUT2D eigenvalue weighted by Gasteiger charge is -2.31. The number of anilines is 1. The normalized spacial score (nSPS) is 13.1. The maximum Gasteiger partial charge on any atom is 0.242 e. The fourth-order valence-electron chi connectivity index (χ4n) is 4.03. The average Bonchev–Trinajstić information content (AvgIpc) is 2.77. The first-order valence-corrected chi connectivity index (χ1v) is 9.81. The Hall–Kier alpha value is -3.21. The van der Waals surface area contributed by atoms with Gasteiger partial charge < -0.3 is 19.3 Å². The second-order valence-corrected chi connectivity index (χ2v) is 7.40. The summed E-state index contributed by atoms with van der Waals surface area (Å²) in [4.78, 5) is 17.0. The van der Waals surface area contributed by atoms with Crippen LogP contribution in [0.2, 0.25) is 0 Å². The van der Waals surface area contributed by atoms with Crippen molar-refractivity contribution < 1.29 is 14.3 Å². The molecule has 1 aliphatic rings. The molecule has 0 fully saturated rings. The topological polar surface area (TPSA) is 42.0 Å². The van der Waals surface area contributed by atoms with Gasteiger partial charge in [-0.3, -0.25) is 4.79 Å². The molecule has 0 radical (unpaired) electrons. The molecule has 3 aromatic carbocycles. The van der Waals surface area contributed by atoms with Gasteiger partial charge in [0.25, 0.3) is 0 Å². The smallest absolute Gasteiger partial charge is 0.242 e. The van der Waals surface area contributed by atoms with Crippen molar-refractivity contribution in [3.8, 4) is 11.5 Å². The largest absolute Gasteiger partial charge is 0.493 e. The van der Waals surface area contributed by atoms with Crippen LogP contribution in [0, 0.1) is 0 Å². The summed E-state index contributed by atoms with van der Waals surface area (Å²) in [6.07, 6.45) is 0.819. The zero-order valence-electron chi connectivity index (χ0n) is 17.1. The molecule has 1 heterocycles. The molecule has 5 heteroatoms. The molecule has 0 saturated carbocycles. The van der Waals surface area contributed by atoms with E-state index in [0.29, 0.717) is 25.4 Å². The van der Waals surface area contributed by atoms with Crippen molar-refractivity contribution in [3.05, 3.63) is 65.7 Å². The summed E-state index contributed by atoms with van der Waals surface area (Å²) >= 11 is 0. The van der Waals surface area contributed by atoms with Crippen LogP contribution < -0.4 is 14.4 Å². The SMILES string of the molecule is COc1cc2c(cc1OC)CN(C(=O)CN(C)c1cccc3ccccc13)CC2. The molecule has 29 heavy (non-hydrogen) atoms. The van der Waals surface area contributed by atoms with Crippen molar-refractivity contribution in [3.63, 3.8) is 0 Å². The molecular formula is C24H26N2O3. The minimum Gasteiger partial charge on any atom is -0.493 e. The van der Waals surface area contributed by atoms with Gasteiger partial charge in [-0.2, -0.15) is 0 Å². The van der Waals surface area contributed by atoms with Gasteiger partial charge in [0.15, 0.2) is 11.5 Å². The summed E-state index contributed by atoms with van der Waals surface area (Å²) in [5.41, 5.74) is 3.41. The number of methoxy groups -OCH3 is 2. The molecule has 1 amide bonds.